The molecule has 0 saturated heterocycles. The Morgan fingerprint density at radius 2 is 1.73 bits per heavy atom. The fraction of sp³-hybridized carbons (Fsp3) is 0.400. The van der Waals surface area contributed by atoms with Crippen molar-refractivity contribution < 1.29 is 26.7 Å². The molecule has 1 aliphatic carbocycles. The van der Waals surface area contributed by atoms with Gasteiger partial charge in [-0.05, 0) is 85.9 Å². The molecule has 6 heteroatoms. The molecule has 1 aliphatic rings. The van der Waals surface area contributed by atoms with Gasteiger partial charge in [0.2, 0.25) is 0 Å². The molecule has 2 aromatic rings. The number of hydrogen-bond acceptors (Lipinski definition) is 1. The van der Waals surface area contributed by atoms with Crippen LogP contribution in [-0.4, -0.2) is 6.36 Å². The molecule has 140 valence electrons. The maximum atomic E-state index is 13.9. The predicted molar refractivity (Wildman–Crippen MR) is 88.1 cm³/mol. The van der Waals surface area contributed by atoms with E-state index < -0.39 is 18.0 Å². The van der Waals surface area contributed by atoms with E-state index in [1.54, 1.807) is 13.0 Å². The number of alkyl halides is 3. The predicted octanol–water partition coefficient (Wildman–Crippen LogP) is 5.91. The van der Waals surface area contributed by atoms with E-state index >= 15 is 0 Å². The fourth-order valence-corrected chi connectivity index (χ4v) is 3.57. The zero-order valence-corrected chi connectivity index (χ0v) is 14.3. The number of ether oxygens (including phenoxy) is 1. The van der Waals surface area contributed by atoms with Gasteiger partial charge in [0.1, 0.15) is 17.4 Å². The van der Waals surface area contributed by atoms with Crippen molar-refractivity contribution >= 4 is 0 Å². The van der Waals surface area contributed by atoms with Crippen molar-refractivity contribution in [3.63, 3.8) is 0 Å². The van der Waals surface area contributed by atoms with Crippen LogP contribution in [0.15, 0.2) is 30.3 Å². The monoisotopic (exact) mass is 370 g/mol. The Morgan fingerprint density at radius 1 is 1.04 bits per heavy atom. The summed E-state index contributed by atoms with van der Waals surface area (Å²) in [7, 11) is 0. The summed E-state index contributed by atoms with van der Waals surface area (Å²) >= 11 is 0. The molecule has 1 atom stereocenters. The van der Waals surface area contributed by atoms with Crippen LogP contribution in [0, 0.1) is 24.5 Å². The van der Waals surface area contributed by atoms with Gasteiger partial charge in [-0.25, -0.2) is 8.78 Å². The molecular formula is C20H19F5O. The lowest BCUT2D eigenvalue weighted by atomic mass is 9.81. The third-order valence-electron chi connectivity index (χ3n) is 4.83. The van der Waals surface area contributed by atoms with Gasteiger partial charge in [-0.15, -0.1) is 13.2 Å². The van der Waals surface area contributed by atoms with Crippen molar-refractivity contribution in [3.05, 3.63) is 64.2 Å². The Hall–Kier alpha value is -2.11. The first-order valence-corrected chi connectivity index (χ1v) is 8.53. The quantitative estimate of drug-likeness (QED) is 0.608. The van der Waals surface area contributed by atoms with Crippen LogP contribution >= 0.6 is 0 Å². The standard InChI is InChI=1S/C20H19F5O/c1-12-8-18(21)17(19(22)9-12)7-3-13-2-4-15-11-16(26-20(23,24)25)6-5-14(15)10-13/h5-6,8-9,11,13H,2-4,7,10H2,1H3. The molecule has 3 rings (SSSR count). The summed E-state index contributed by atoms with van der Waals surface area (Å²) in [6.45, 7) is 1.64. The Balaban J connectivity index is 1.64. The lowest BCUT2D eigenvalue weighted by Crippen LogP contribution is -2.19. The smallest absolute Gasteiger partial charge is 0.406 e. The van der Waals surface area contributed by atoms with Crippen LogP contribution in [0.25, 0.3) is 0 Å². The molecule has 0 aliphatic heterocycles. The van der Waals surface area contributed by atoms with Crippen molar-refractivity contribution in [2.45, 2.75) is 45.4 Å². The lowest BCUT2D eigenvalue weighted by molar-refractivity contribution is -0.274. The third-order valence-corrected chi connectivity index (χ3v) is 4.83. The molecule has 0 fully saturated rings. The molecule has 2 aromatic carbocycles. The van der Waals surface area contributed by atoms with Crippen LogP contribution < -0.4 is 4.74 Å². The van der Waals surface area contributed by atoms with Crippen molar-refractivity contribution in [1.82, 2.24) is 0 Å². The summed E-state index contributed by atoms with van der Waals surface area (Å²) in [6, 6.07) is 7.05. The Morgan fingerprint density at radius 3 is 2.38 bits per heavy atom. The topological polar surface area (TPSA) is 9.23 Å². The minimum Gasteiger partial charge on any atom is -0.406 e. The summed E-state index contributed by atoms with van der Waals surface area (Å²) in [4.78, 5) is 0. The molecule has 0 bridgehead atoms. The average Bonchev–Trinajstić information content (AvgIpc) is 2.52. The molecule has 0 spiro atoms. The van der Waals surface area contributed by atoms with Crippen molar-refractivity contribution in [2.24, 2.45) is 5.92 Å². The zero-order chi connectivity index (χ0) is 18.9. The van der Waals surface area contributed by atoms with E-state index in [0.717, 1.165) is 17.5 Å². The highest BCUT2D eigenvalue weighted by Gasteiger charge is 2.31. The normalized spacial score (nSPS) is 17.1. The molecule has 0 aromatic heterocycles. The molecule has 0 heterocycles. The van der Waals surface area contributed by atoms with E-state index in [1.165, 1.54) is 24.3 Å². The van der Waals surface area contributed by atoms with Crippen LogP contribution in [0.5, 0.6) is 5.75 Å². The summed E-state index contributed by atoms with van der Waals surface area (Å²) in [5, 5.41) is 0. The van der Waals surface area contributed by atoms with E-state index in [-0.39, 0.29) is 17.2 Å². The Bertz CT molecular complexity index is 774. The molecule has 1 nitrogen and oxygen atoms in total. The molecule has 0 saturated carbocycles. The van der Waals surface area contributed by atoms with Gasteiger partial charge in [0, 0.05) is 5.56 Å². The fourth-order valence-electron chi connectivity index (χ4n) is 3.57. The Labute approximate surface area is 148 Å². The van der Waals surface area contributed by atoms with Crippen molar-refractivity contribution in [1.29, 1.82) is 0 Å². The second kappa shape index (κ2) is 7.25. The van der Waals surface area contributed by atoms with E-state index in [4.69, 9.17) is 0 Å². The summed E-state index contributed by atoms with van der Waals surface area (Å²) in [5.74, 6) is -1.00. The summed E-state index contributed by atoms with van der Waals surface area (Å²) in [5.41, 5.74) is 2.47. The highest BCUT2D eigenvalue weighted by Crippen LogP contribution is 2.33. The highest BCUT2D eigenvalue weighted by molar-refractivity contribution is 5.37. The summed E-state index contributed by atoms with van der Waals surface area (Å²) in [6.07, 6.45) is -1.65. The molecule has 0 amide bonds. The van der Waals surface area contributed by atoms with Gasteiger partial charge in [0.15, 0.2) is 0 Å². The highest BCUT2D eigenvalue weighted by atomic mass is 19.4. The third kappa shape index (κ3) is 4.54. The van der Waals surface area contributed by atoms with E-state index in [0.29, 0.717) is 31.2 Å². The summed E-state index contributed by atoms with van der Waals surface area (Å²) < 4.78 is 68.7. The number of rotatable bonds is 4. The maximum absolute atomic E-state index is 13.9. The maximum Gasteiger partial charge on any atom is 0.573 e. The second-order valence-corrected chi connectivity index (χ2v) is 6.83. The van der Waals surface area contributed by atoms with Gasteiger partial charge in [0.05, 0.1) is 0 Å². The molecule has 1 unspecified atom stereocenters. The van der Waals surface area contributed by atoms with Crippen molar-refractivity contribution in [2.75, 3.05) is 0 Å². The minimum absolute atomic E-state index is 0.107. The van der Waals surface area contributed by atoms with Crippen LogP contribution in [0.4, 0.5) is 22.0 Å². The minimum atomic E-state index is -4.70. The number of aryl methyl sites for hydroxylation is 2. The van der Waals surface area contributed by atoms with Gasteiger partial charge in [-0.3, -0.25) is 0 Å². The van der Waals surface area contributed by atoms with Crippen LogP contribution in [0.3, 0.4) is 0 Å². The van der Waals surface area contributed by atoms with Gasteiger partial charge in [-0.1, -0.05) is 6.07 Å². The second-order valence-electron chi connectivity index (χ2n) is 6.83. The van der Waals surface area contributed by atoms with Crippen LogP contribution in [0.1, 0.15) is 35.1 Å². The van der Waals surface area contributed by atoms with Crippen LogP contribution in [-0.2, 0) is 19.3 Å². The number of benzene rings is 2. The Kier molecular flexibility index (Phi) is 5.21. The first-order valence-electron chi connectivity index (χ1n) is 8.53. The van der Waals surface area contributed by atoms with Gasteiger partial charge < -0.3 is 4.74 Å². The van der Waals surface area contributed by atoms with Gasteiger partial charge >= 0.3 is 6.36 Å². The van der Waals surface area contributed by atoms with Gasteiger partial charge in [0.25, 0.3) is 0 Å². The number of hydrogen-bond donors (Lipinski definition) is 0. The van der Waals surface area contributed by atoms with E-state index in [1.807, 2.05) is 0 Å². The molecule has 26 heavy (non-hydrogen) atoms. The first-order chi connectivity index (χ1) is 12.2. The van der Waals surface area contributed by atoms with E-state index in [2.05, 4.69) is 4.74 Å². The van der Waals surface area contributed by atoms with E-state index in [9.17, 15) is 22.0 Å². The van der Waals surface area contributed by atoms with Crippen molar-refractivity contribution in [3.8, 4) is 5.75 Å². The molecule has 0 N–H and O–H groups in total. The van der Waals surface area contributed by atoms with Gasteiger partial charge in [-0.2, -0.15) is 0 Å². The number of halogens is 5. The zero-order valence-electron chi connectivity index (χ0n) is 14.3. The average molecular weight is 370 g/mol. The SMILES string of the molecule is Cc1cc(F)c(CCC2CCc3cc(OC(F)(F)F)ccc3C2)c(F)c1. The lowest BCUT2D eigenvalue weighted by Gasteiger charge is -2.25. The number of fused-ring (bicyclic) bond motifs is 1. The molecular weight excluding hydrogens is 351 g/mol. The first kappa shape index (κ1) is 18.7. The van der Waals surface area contributed by atoms with Crippen LogP contribution in [0.2, 0.25) is 0 Å². The molecule has 0 radical (unpaired) electrons. The largest absolute Gasteiger partial charge is 0.573 e.